The highest BCUT2D eigenvalue weighted by Crippen LogP contribution is 2.22. The molecule has 8 nitrogen and oxygen atoms in total. The van der Waals surface area contributed by atoms with Gasteiger partial charge >= 0.3 is 6.18 Å². The Morgan fingerprint density at radius 3 is 2.55 bits per heavy atom. The van der Waals surface area contributed by atoms with Crippen LogP contribution in [-0.2, 0) is 4.79 Å². The van der Waals surface area contributed by atoms with Crippen LogP contribution in [0.2, 0.25) is 0 Å². The fourth-order valence-electron chi connectivity index (χ4n) is 3.13. The van der Waals surface area contributed by atoms with E-state index in [9.17, 15) is 18.0 Å². The van der Waals surface area contributed by atoms with Gasteiger partial charge < -0.3 is 10.6 Å². The third-order valence-corrected chi connectivity index (χ3v) is 4.60. The summed E-state index contributed by atoms with van der Waals surface area (Å²) in [6.45, 7) is 0.962. The first-order chi connectivity index (χ1) is 14.8. The van der Waals surface area contributed by atoms with E-state index >= 15 is 0 Å². The SMILES string of the molecule is N#Cc1ccc2ncc(-c3nccc(N)n3)n2c1.O=C(CC(F)(F)F)N1CCCCC1. The number of hydrogen-bond acceptors (Lipinski definition) is 6. The van der Waals surface area contributed by atoms with Crippen molar-refractivity contribution in [2.45, 2.75) is 31.9 Å². The van der Waals surface area contributed by atoms with Crippen LogP contribution in [0.5, 0.6) is 0 Å². The summed E-state index contributed by atoms with van der Waals surface area (Å²) in [5, 5.41) is 8.91. The van der Waals surface area contributed by atoms with Crippen molar-refractivity contribution in [2.75, 3.05) is 18.8 Å². The molecule has 0 aliphatic carbocycles. The molecule has 1 fully saturated rings. The summed E-state index contributed by atoms with van der Waals surface area (Å²) in [6, 6.07) is 7.19. The van der Waals surface area contributed by atoms with Crippen molar-refractivity contribution < 1.29 is 18.0 Å². The van der Waals surface area contributed by atoms with Crippen molar-refractivity contribution in [3.63, 3.8) is 0 Å². The van der Waals surface area contributed by atoms with Crippen LogP contribution in [0.15, 0.2) is 36.8 Å². The van der Waals surface area contributed by atoms with E-state index in [-0.39, 0.29) is 0 Å². The highest BCUT2D eigenvalue weighted by Gasteiger charge is 2.33. The van der Waals surface area contributed by atoms with Crippen LogP contribution in [-0.4, -0.2) is 49.4 Å². The zero-order chi connectivity index (χ0) is 22.4. The number of alkyl halides is 3. The number of nitrogens with two attached hydrogens (primary N) is 1. The molecule has 1 saturated heterocycles. The maximum absolute atomic E-state index is 11.8. The largest absolute Gasteiger partial charge is 0.397 e. The molecular weight excluding hydrogens is 411 g/mol. The Labute approximate surface area is 176 Å². The molecule has 0 saturated carbocycles. The minimum Gasteiger partial charge on any atom is -0.384 e. The van der Waals surface area contributed by atoms with E-state index in [0.717, 1.165) is 24.9 Å². The zero-order valence-electron chi connectivity index (χ0n) is 16.5. The molecule has 1 amide bonds. The second-order valence-electron chi connectivity index (χ2n) is 6.94. The summed E-state index contributed by atoms with van der Waals surface area (Å²) in [5.74, 6) is 0.0937. The minimum absolute atomic E-state index is 0.395. The van der Waals surface area contributed by atoms with Gasteiger partial charge in [0.15, 0.2) is 5.82 Å². The normalized spacial score (nSPS) is 13.9. The number of aromatic nitrogens is 4. The first kappa shape index (κ1) is 22.0. The van der Waals surface area contributed by atoms with Gasteiger partial charge in [-0.25, -0.2) is 15.0 Å². The van der Waals surface area contributed by atoms with Gasteiger partial charge in [-0.1, -0.05) is 0 Å². The molecule has 4 heterocycles. The van der Waals surface area contributed by atoms with Crippen LogP contribution >= 0.6 is 0 Å². The first-order valence-corrected chi connectivity index (χ1v) is 9.57. The van der Waals surface area contributed by atoms with Gasteiger partial charge in [-0.3, -0.25) is 9.20 Å². The van der Waals surface area contributed by atoms with Gasteiger partial charge in [-0.05, 0) is 37.5 Å². The monoisotopic (exact) mass is 431 g/mol. The molecule has 31 heavy (non-hydrogen) atoms. The van der Waals surface area contributed by atoms with Crippen molar-refractivity contribution in [2.24, 2.45) is 0 Å². The number of nitrogen functional groups attached to an aromatic ring is 1. The molecule has 4 rings (SSSR count). The van der Waals surface area contributed by atoms with E-state index in [1.54, 1.807) is 41.2 Å². The molecule has 0 spiro atoms. The smallest absolute Gasteiger partial charge is 0.384 e. The number of carbonyl (C=O) groups excluding carboxylic acids is 1. The molecule has 162 valence electrons. The van der Waals surface area contributed by atoms with Gasteiger partial charge in [0.2, 0.25) is 5.91 Å². The molecule has 3 aromatic rings. The van der Waals surface area contributed by atoms with E-state index in [2.05, 4.69) is 21.0 Å². The molecule has 11 heteroatoms. The summed E-state index contributed by atoms with van der Waals surface area (Å²) in [7, 11) is 0. The van der Waals surface area contributed by atoms with Crippen LogP contribution in [0.3, 0.4) is 0 Å². The van der Waals surface area contributed by atoms with Crippen molar-refractivity contribution in [3.8, 4) is 17.6 Å². The molecule has 0 bridgehead atoms. The van der Waals surface area contributed by atoms with Crippen molar-refractivity contribution in [1.29, 1.82) is 5.26 Å². The second kappa shape index (κ2) is 9.42. The number of carbonyl (C=O) groups is 1. The number of halogens is 3. The molecule has 0 radical (unpaired) electrons. The van der Waals surface area contributed by atoms with Gasteiger partial charge in [0, 0.05) is 25.5 Å². The summed E-state index contributed by atoms with van der Waals surface area (Å²) < 4.78 is 37.2. The molecule has 0 atom stereocenters. The number of nitrogens with zero attached hydrogens (tertiary/aromatic N) is 6. The number of piperidine rings is 1. The number of pyridine rings is 1. The van der Waals surface area contributed by atoms with E-state index < -0.39 is 18.5 Å². The quantitative estimate of drug-likeness (QED) is 0.667. The average Bonchev–Trinajstić information content (AvgIpc) is 3.17. The Morgan fingerprint density at radius 2 is 1.90 bits per heavy atom. The third kappa shape index (κ3) is 5.91. The molecule has 3 aromatic heterocycles. The van der Waals surface area contributed by atoms with Crippen LogP contribution < -0.4 is 5.73 Å². The predicted molar refractivity (Wildman–Crippen MR) is 106 cm³/mol. The van der Waals surface area contributed by atoms with E-state index in [0.29, 0.717) is 36.0 Å². The Kier molecular flexibility index (Phi) is 6.69. The summed E-state index contributed by atoms with van der Waals surface area (Å²) in [5.41, 5.74) is 7.61. The molecule has 1 aliphatic rings. The number of anilines is 1. The fraction of sp³-hybridized carbons (Fsp3) is 0.350. The number of rotatable bonds is 2. The number of amides is 1. The van der Waals surface area contributed by atoms with E-state index in [1.807, 2.05) is 0 Å². The Bertz CT molecular complexity index is 1100. The van der Waals surface area contributed by atoms with Crippen molar-refractivity contribution >= 4 is 17.4 Å². The fourth-order valence-corrected chi connectivity index (χ4v) is 3.13. The van der Waals surface area contributed by atoms with Crippen LogP contribution in [0.4, 0.5) is 19.0 Å². The lowest BCUT2D eigenvalue weighted by molar-refractivity contribution is -0.162. The maximum Gasteiger partial charge on any atom is 0.397 e. The van der Waals surface area contributed by atoms with Crippen LogP contribution in [0.1, 0.15) is 31.2 Å². The summed E-state index contributed by atoms with van der Waals surface area (Å²) in [4.78, 5) is 24.9. The topological polar surface area (TPSA) is 113 Å². The lowest BCUT2D eigenvalue weighted by Crippen LogP contribution is -2.37. The number of likely N-dealkylation sites (tertiary alicyclic amines) is 1. The third-order valence-electron chi connectivity index (χ3n) is 4.60. The van der Waals surface area contributed by atoms with Gasteiger partial charge in [-0.2, -0.15) is 18.4 Å². The maximum atomic E-state index is 11.8. The lowest BCUT2D eigenvalue weighted by atomic mass is 10.1. The van der Waals surface area contributed by atoms with Gasteiger partial charge in [0.05, 0.1) is 11.8 Å². The Hall–Kier alpha value is -3.68. The van der Waals surface area contributed by atoms with Crippen LogP contribution in [0.25, 0.3) is 17.2 Å². The molecular formula is C20H20F3N7O. The van der Waals surface area contributed by atoms with Crippen molar-refractivity contribution in [3.05, 3.63) is 42.4 Å². The standard InChI is InChI=1S/C12H8N6.C8H12F3NO/c13-5-8-1-2-11-16-6-9(18(11)7-8)12-15-4-3-10(14)17-12;9-8(10,11)6-7(13)12-4-2-1-3-5-12/h1-4,6-7H,(H2,14,15,17);1-6H2. The lowest BCUT2D eigenvalue weighted by Gasteiger charge is -2.27. The average molecular weight is 431 g/mol. The molecule has 1 aliphatic heterocycles. The highest BCUT2D eigenvalue weighted by atomic mass is 19.4. The Morgan fingerprint density at radius 1 is 1.16 bits per heavy atom. The molecule has 2 N–H and O–H groups in total. The van der Waals surface area contributed by atoms with Crippen LogP contribution in [0, 0.1) is 11.3 Å². The number of hydrogen-bond donors (Lipinski definition) is 1. The predicted octanol–water partition coefficient (Wildman–Crippen LogP) is 3.20. The van der Waals surface area contributed by atoms with Gasteiger partial charge in [-0.15, -0.1) is 0 Å². The highest BCUT2D eigenvalue weighted by molar-refractivity contribution is 5.76. The minimum atomic E-state index is -4.37. The van der Waals surface area contributed by atoms with E-state index in [1.165, 1.54) is 4.90 Å². The zero-order valence-corrected chi connectivity index (χ0v) is 16.5. The number of fused-ring (bicyclic) bond motifs is 1. The second-order valence-corrected chi connectivity index (χ2v) is 6.94. The van der Waals surface area contributed by atoms with Gasteiger partial charge in [0.1, 0.15) is 29.6 Å². The first-order valence-electron chi connectivity index (χ1n) is 9.57. The number of nitriles is 1. The molecule has 0 aromatic carbocycles. The summed E-state index contributed by atoms with van der Waals surface area (Å²) >= 11 is 0. The number of imidazole rings is 1. The summed E-state index contributed by atoms with van der Waals surface area (Å²) in [6.07, 6.45) is 1.92. The van der Waals surface area contributed by atoms with Crippen molar-refractivity contribution in [1.82, 2.24) is 24.3 Å². The van der Waals surface area contributed by atoms with Gasteiger partial charge in [0.25, 0.3) is 0 Å². The Balaban J connectivity index is 0.000000187. The molecule has 0 unspecified atom stereocenters. The van der Waals surface area contributed by atoms with E-state index in [4.69, 9.17) is 11.0 Å².